The highest BCUT2D eigenvalue weighted by atomic mass is 16.4. The van der Waals surface area contributed by atoms with Crippen LogP contribution in [0.4, 0.5) is 0 Å². The number of carboxylic acids is 1. The van der Waals surface area contributed by atoms with Crippen molar-refractivity contribution in [2.75, 3.05) is 0 Å². The fraction of sp³-hybridized carbons (Fsp3) is 0.667. The third-order valence-corrected chi connectivity index (χ3v) is 4.26. The lowest BCUT2D eigenvalue weighted by atomic mass is 9.61. The van der Waals surface area contributed by atoms with Crippen molar-refractivity contribution >= 4 is 5.97 Å². The Labute approximate surface area is 114 Å². The summed E-state index contributed by atoms with van der Waals surface area (Å²) >= 11 is 0. The quantitative estimate of drug-likeness (QED) is 0.685. The Bertz CT molecular complexity index is 420. The normalized spacial score (nSPS) is 30.9. The minimum absolute atomic E-state index is 0.158. The molecule has 0 radical (unpaired) electrons. The number of allylic oxidation sites excluding steroid dienone is 2. The van der Waals surface area contributed by atoms with Crippen LogP contribution in [0.1, 0.15) is 47.0 Å². The van der Waals surface area contributed by atoms with Crippen LogP contribution < -0.4 is 0 Å². The summed E-state index contributed by atoms with van der Waals surface area (Å²) < 4.78 is 0. The van der Waals surface area contributed by atoms with Crippen LogP contribution in [0, 0.1) is 11.3 Å². The lowest BCUT2D eigenvalue weighted by molar-refractivity contribution is -0.131. The fourth-order valence-corrected chi connectivity index (χ4v) is 2.94. The van der Waals surface area contributed by atoms with Gasteiger partial charge in [-0.2, -0.15) is 0 Å². The third kappa shape index (κ3) is 3.38. The minimum Gasteiger partial charge on any atom is -0.513 e. The summed E-state index contributed by atoms with van der Waals surface area (Å²) in [7, 11) is 0. The molecule has 0 fully saturated rings. The first-order chi connectivity index (χ1) is 8.58. The van der Waals surface area contributed by atoms with Crippen LogP contribution in [0.15, 0.2) is 23.5 Å². The molecule has 2 atom stereocenters. The minimum atomic E-state index is -0.960. The molecular weight excluding hydrogens is 244 g/mol. The Morgan fingerprint density at radius 3 is 2.58 bits per heavy atom. The Hall–Kier alpha value is -1.29. The largest absolute Gasteiger partial charge is 0.513 e. The van der Waals surface area contributed by atoms with E-state index in [1.54, 1.807) is 13.0 Å². The van der Waals surface area contributed by atoms with Gasteiger partial charge in [0.1, 0.15) is 0 Å². The van der Waals surface area contributed by atoms with Crippen molar-refractivity contribution in [3.63, 3.8) is 0 Å². The molecule has 3 N–H and O–H groups in total. The Balaban J connectivity index is 2.88. The molecule has 0 spiro atoms. The average Bonchev–Trinajstić information content (AvgIpc) is 2.21. The third-order valence-electron chi connectivity index (χ3n) is 4.26. The Morgan fingerprint density at radius 2 is 2.11 bits per heavy atom. The maximum atomic E-state index is 10.9. The molecule has 1 rings (SSSR count). The van der Waals surface area contributed by atoms with Gasteiger partial charge in [-0.15, -0.1) is 0 Å². The van der Waals surface area contributed by atoms with Gasteiger partial charge in [-0.3, -0.25) is 0 Å². The lowest BCUT2D eigenvalue weighted by Crippen LogP contribution is -2.51. The van der Waals surface area contributed by atoms with Gasteiger partial charge in [-0.25, -0.2) is 4.79 Å². The average molecular weight is 268 g/mol. The van der Waals surface area contributed by atoms with Gasteiger partial charge in [0.05, 0.1) is 11.4 Å². The molecule has 19 heavy (non-hydrogen) atoms. The molecule has 0 aromatic rings. The molecule has 0 amide bonds. The number of hydrogen-bond donors (Lipinski definition) is 3. The molecule has 108 valence electrons. The zero-order valence-corrected chi connectivity index (χ0v) is 12.1. The van der Waals surface area contributed by atoms with Crippen LogP contribution >= 0.6 is 0 Å². The second kappa shape index (κ2) is 5.37. The standard InChI is InChI=1S/C15H24O4/c1-10(7-13(17)18)5-6-15(19)11(2)8-12(16)9-14(15,3)4/h7-8,11,16,19H,5-6,9H2,1-4H3,(H,17,18)/b10-7-/t11-,15+/m0/s1. The first kappa shape index (κ1) is 15.8. The van der Waals surface area contributed by atoms with Gasteiger partial charge in [-0.1, -0.05) is 26.3 Å². The molecule has 4 heteroatoms. The van der Waals surface area contributed by atoms with Crippen molar-refractivity contribution < 1.29 is 20.1 Å². The molecule has 0 aliphatic heterocycles. The molecule has 0 unspecified atom stereocenters. The molecule has 1 aliphatic carbocycles. The van der Waals surface area contributed by atoms with E-state index < -0.39 is 17.0 Å². The second-order valence-electron chi connectivity index (χ2n) is 6.26. The molecule has 4 nitrogen and oxygen atoms in total. The van der Waals surface area contributed by atoms with Crippen molar-refractivity contribution in [3.8, 4) is 0 Å². The molecule has 0 saturated carbocycles. The van der Waals surface area contributed by atoms with Crippen LogP contribution in [0.25, 0.3) is 0 Å². The van der Waals surface area contributed by atoms with E-state index in [1.165, 1.54) is 6.08 Å². The van der Waals surface area contributed by atoms with Crippen molar-refractivity contribution in [1.82, 2.24) is 0 Å². The summed E-state index contributed by atoms with van der Waals surface area (Å²) in [5, 5.41) is 29.3. The lowest BCUT2D eigenvalue weighted by Gasteiger charge is -2.49. The highest BCUT2D eigenvalue weighted by Gasteiger charge is 2.49. The number of aliphatic carboxylic acids is 1. The second-order valence-corrected chi connectivity index (χ2v) is 6.26. The van der Waals surface area contributed by atoms with Gasteiger partial charge < -0.3 is 15.3 Å². The van der Waals surface area contributed by atoms with Crippen molar-refractivity contribution in [2.45, 2.75) is 52.6 Å². The molecule has 0 bridgehead atoms. The van der Waals surface area contributed by atoms with Gasteiger partial charge >= 0.3 is 5.97 Å². The van der Waals surface area contributed by atoms with E-state index in [9.17, 15) is 15.0 Å². The number of aliphatic hydroxyl groups excluding tert-OH is 1. The van der Waals surface area contributed by atoms with Gasteiger partial charge in [0.15, 0.2) is 0 Å². The van der Waals surface area contributed by atoms with Crippen molar-refractivity contribution in [2.24, 2.45) is 11.3 Å². The Morgan fingerprint density at radius 1 is 1.53 bits per heavy atom. The summed E-state index contributed by atoms with van der Waals surface area (Å²) in [6.07, 6.45) is 4.33. The molecule has 1 aliphatic rings. The number of rotatable bonds is 4. The molecule has 0 heterocycles. The topological polar surface area (TPSA) is 77.8 Å². The van der Waals surface area contributed by atoms with Gasteiger partial charge in [0.25, 0.3) is 0 Å². The van der Waals surface area contributed by atoms with Crippen molar-refractivity contribution in [3.05, 3.63) is 23.5 Å². The van der Waals surface area contributed by atoms with Crippen LogP contribution in [-0.4, -0.2) is 26.9 Å². The maximum absolute atomic E-state index is 10.9. The van der Waals surface area contributed by atoms with E-state index in [1.807, 2.05) is 20.8 Å². The van der Waals surface area contributed by atoms with E-state index in [0.29, 0.717) is 25.0 Å². The van der Waals surface area contributed by atoms with Gasteiger partial charge in [0.2, 0.25) is 0 Å². The Kier molecular flexibility index (Phi) is 4.46. The highest BCUT2D eigenvalue weighted by Crippen LogP contribution is 2.48. The number of aliphatic hydroxyl groups is 2. The van der Waals surface area contributed by atoms with E-state index in [4.69, 9.17) is 5.11 Å². The zero-order chi connectivity index (χ0) is 14.8. The predicted molar refractivity (Wildman–Crippen MR) is 73.9 cm³/mol. The van der Waals surface area contributed by atoms with E-state index >= 15 is 0 Å². The summed E-state index contributed by atoms with van der Waals surface area (Å²) in [4.78, 5) is 10.6. The number of carboxylic acid groups (broad SMARTS) is 1. The summed E-state index contributed by atoms with van der Waals surface area (Å²) in [5.74, 6) is -0.799. The molecule has 0 saturated heterocycles. The monoisotopic (exact) mass is 268 g/mol. The fourth-order valence-electron chi connectivity index (χ4n) is 2.94. The summed E-state index contributed by atoms with van der Waals surface area (Å²) in [6, 6.07) is 0. The SMILES string of the molecule is C/C(=C/C(=O)O)CC[C@@]1(O)[C@@H](C)C=C(O)CC1(C)C. The van der Waals surface area contributed by atoms with E-state index in [0.717, 1.165) is 5.57 Å². The maximum Gasteiger partial charge on any atom is 0.328 e. The number of hydrogen-bond acceptors (Lipinski definition) is 3. The van der Waals surface area contributed by atoms with Gasteiger partial charge in [-0.05, 0) is 25.8 Å². The summed E-state index contributed by atoms with van der Waals surface area (Å²) in [5.41, 5.74) is -0.635. The van der Waals surface area contributed by atoms with Crippen LogP contribution in [0.5, 0.6) is 0 Å². The van der Waals surface area contributed by atoms with Crippen LogP contribution in [-0.2, 0) is 4.79 Å². The summed E-state index contributed by atoms with van der Waals surface area (Å²) in [6.45, 7) is 7.50. The smallest absolute Gasteiger partial charge is 0.328 e. The zero-order valence-electron chi connectivity index (χ0n) is 12.1. The molecular formula is C15H24O4. The van der Waals surface area contributed by atoms with E-state index in [2.05, 4.69) is 0 Å². The van der Waals surface area contributed by atoms with E-state index in [-0.39, 0.29) is 5.92 Å². The van der Waals surface area contributed by atoms with Crippen LogP contribution in [0.2, 0.25) is 0 Å². The molecule has 0 aromatic heterocycles. The van der Waals surface area contributed by atoms with Crippen molar-refractivity contribution in [1.29, 1.82) is 0 Å². The van der Waals surface area contributed by atoms with Gasteiger partial charge in [0, 0.05) is 23.8 Å². The first-order valence-corrected chi connectivity index (χ1v) is 6.60. The molecule has 0 aromatic carbocycles. The number of carbonyl (C=O) groups is 1. The van der Waals surface area contributed by atoms with Crippen LogP contribution in [0.3, 0.4) is 0 Å². The predicted octanol–water partition coefficient (Wildman–Crippen LogP) is 3.04. The highest BCUT2D eigenvalue weighted by molar-refractivity contribution is 5.80. The first-order valence-electron chi connectivity index (χ1n) is 6.60.